The van der Waals surface area contributed by atoms with Gasteiger partial charge in [-0.15, -0.1) is 0 Å². The van der Waals surface area contributed by atoms with Crippen LogP contribution >= 0.6 is 0 Å². The molecular formula is C10H9FN2O2. The Balaban J connectivity index is 3.43. The molecular weight excluding hydrogens is 199 g/mol. The van der Waals surface area contributed by atoms with Crippen LogP contribution in [0.5, 0.6) is 0 Å². The van der Waals surface area contributed by atoms with Gasteiger partial charge in [-0.3, -0.25) is 0 Å². The van der Waals surface area contributed by atoms with Crippen LogP contribution in [-0.4, -0.2) is 13.1 Å². The molecule has 0 aliphatic carbocycles. The quantitative estimate of drug-likeness (QED) is 0.734. The lowest BCUT2D eigenvalue weighted by atomic mass is 10.0. The number of hydrogen-bond donors (Lipinski definition) is 1. The van der Waals surface area contributed by atoms with Gasteiger partial charge in [-0.1, -0.05) is 0 Å². The van der Waals surface area contributed by atoms with E-state index >= 15 is 0 Å². The lowest BCUT2D eigenvalue weighted by Crippen LogP contribution is -2.12. The summed E-state index contributed by atoms with van der Waals surface area (Å²) in [5.74, 6) is -1.32. The molecule has 2 N–H and O–H groups in total. The van der Waals surface area contributed by atoms with Crippen molar-refractivity contribution in [2.45, 2.75) is 6.54 Å². The van der Waals surface area contributed by atoms with Gasteiger partial charge in [0.2, 0.25) is 0 Å². The predicted molar refractivity (Wildman–Crippen MR) is 50.3 cm³/mol. The van der Waals surface area contributed by atoms with Crippen LogP contribution in [0, 0.1) is 17.1 Å². The summed E-state index contributed by atoms with van der Waals surface area (Å²) in [4.78, 5) is 11.3. The molecule has 78 valence electrons. The zero-order valence-corrected chi connectivity index (χ0v) is 8.08. The molecule has 1 aromatic carbocycles. The normalized spacial score (nSPS) is 9.47. The Morgan fingerprint density at radius 3 is 2.80 bits per heavy atom. The number of methoxy groups -OCH3 is 1. The van der Waals surface area contributed by atoms with Crippen molar-refractivity contribution in [2.24, 2.45) is 5.73 Å². The minimum atomic E-state index is -0.689. The smallest absolute Gasteiger partial charge is 0.338 e. The van der Waals surface area contributed by atoms with Crippen molar-refractivity contribution >= 4 is 5.97 Å². The monoisotopic (exact) mass is 208 g/mol. The predicted octanol–water partition coefficient (Wildman–Crippen LogP) is 0.943. The first-order valence-corrected chi connectivity index (χ1v) is 4.15. The second-order valence-corrected chi connectivity index (χ2v) is 2.76. The van der Waals surface area contributed by atoms with Gasteiger partial charge < -0.3 is 10.5 Å². The molecule has 15 heavy (non-hydrogen) atoms. The molecule has 0 unspecified atom stereocenters. The maximum atomic E-state index is 13.2. The third-order valence-electron chi connectivity index (χ3n) is 1.98. The number of carbonyl (C=O) groups excluding carboxylic acids is 1. The van der Waals surface area contributed by atoms with E-state index in [-0.39, 0.29) is 23.2 Å². The summed E-state index contributed by atoms with van der Waals surface area (Å²) >= 11 is 0. The first-order valence-electron chi connectivity index (χ1n) is 4.15. The highest BCUT2D eigenvalue weighted by Crippen LogP contribution is 2.18. The van der Waals surface area contributed by atoms with Gasteiger partial charge in [0.25, 0.3) is 0 Å². The van der Waals surface area contributed by atoms with E-state index in [0.29, 0.717) is 0 Å². The van der Waals surface area contributed by atoms with Gasteiger partial charge in [0.15, 0.2) is 0 Å². The number of hydrogen-bond acceptors (Lipinski definition) is 4. The van der Waals surface area contributed by atoms with Gasteiger partial charge in [0.1, 0.15) is 11.9 Å². The van der Waals surface area contributed by atoms with Crippen LogP contribution < -0.4 is 5.73 Å². The molecule has 0 atom stereocenters. The summed E-state index contributed by atoms with van der Waals surface area (Å²) in [7, 11) is 1.21. The van der Waals surface area contributed by atoms with Crippen LogP contribution in [0.2, 0.25) is 0 Å². The topological polar surface area (TPSA) is 76.1 Å². The number of nitrogens with zero attached hydrogens (tertiary/aromatic N) is 1. The van der Waals surface area contributed by atoms with Crippen LogP contribution in [0.1, 0.15) is 21.5 Å². The third kappa shape index (κ3) is 1.95. The van der Waals surface area contributed by atoms with E-state index in [0.717, 1.165) is 6.07 Å². The SMILES string of the molecule is COC(=O)c1ccc(F)c(C#N)c1CN. The minimum Gasteiger partial charge on any atom is -0.465 e. The molecule has 0 aliphatic rings. The van der Waals surface area contributed by atoms with E-state index in [1.165, 1.54) is 13.2 Å². The number of rotatable bonds is 2. The van der Waals surface area contributed by atoms with Gasteiger partial charge >= 0.3 is 5.97 Å². The highest BCUT2D eigenvalue weighted by Gasteiger charge is 2.17. The third-order valence-corrected chi connectivity index (χ3v) is 1.98. The Hall–Kier alpha value is -1.93. The zero-order valence-electron chi connectivity index (χ0n) is 8.08. The maximum absolute atomic E-state index is 13.2. The largest absolute Gasteiger partial charge is 0.465 e. The molecule has 0 heterocycles. The van der Waals surface area contributed by atoms with Crippen molar-refractivity contribution in [3.8, 4) is 6.07 Å². The van der Waals surface area contributed by atoms with Crippen molar-refractivity contribution < 1.29 is 13.9 Å². The Labute approximate surface area is 86.1 Å². The summed E-state index contributed by atoms with van der Waals surface area (Å²) in [6, 6.07) is 3.97. The number of esters is 1. The lowest BCUT2D eigenvalue weighted by molar-refractivity contribution is 0.0599. The fraction of sp³-hybridized carbons (Fsp3) is 0.200. The highest BCUT2D eigenvalue weighted by atomic mass is 19.1. The van der Waals surface area contributed by atoms with E-state index in [9.17, 15) is 9.18 Å². The molecule has 0 fully saturated rings. The van der Waals surface area contributed by atoms with E-state index < -0.39 is 11.8 Å². The van der Waals surface area contributed by atoms with Gasteiger partial charge in [0, 0.05) is 12.1 Å². The highest BCUT2D eigenvalue weighted by molar-refractivity contribution is 5.91. The van der Waals surface area contributed by atoms with Crippen LogP contribution in [0.25, 0.3) is 0 Å². The van der Waals surface area contributed by atoms with Crippen LogP contribution in [0.3, 0.4) is 0 Å². The fourth-order valence-corrected chi connectivity index (χ4v) is 1.25. The minimum absolute atomic E-state index is 0.0922. The standard InChI is InChI=1S/C10H9FN2O2/c1-15-10(14)6-2-3-9(11)8(5-13)7(6)4-12/h2-3H,4,12H2,1H3. The Bertz CT molecular complexity index is 438. The number of nitrogens with two attached hydrogens (primary N) is 1. The van der Waals surface area contributed by atoms with Crippen LogP contribution in [0.4, 0.5) is 4.39 Å². The number of ether oxygens (including phenoxy) is 1. The van der Waals surface area contributed by atoms with Crippen molar-refractivity contribution in [1.29, 1.82) is 5.26 Å². The maximum Gasteiger partial charge on any atom is 0.338 e. The van der Waals surface area contributed by atoms with Crippen molar-refractivity contribution in [1.82, 2.24) is 0 Å². The van der Waals surface area contributed by atoms with Gasteiger partial charge in [-0.05, 0) is 12.1 Å². The Morgan fingerprint density at radius 1 is 1.67 bits per heavy atom. The first-order chi connectivity index (χ1) is 7.15. The second-order valence-electron chi connectivity index (χ2n) is 2.76. The molecule has 0 bridgehead atoms. The van der Waals surface area contributed by atoms with Gasteiger partial charge in [-0.25, -0.2) is 9.18 Å². The summed E-state index contributed by atoms with van der Waals surface area (Å²) in [5.41, 5.74) is 5.45. The molecule has 0 aromatic heterocycles. The molecule has 4 nitrogen and oxygen atoms in total. The molecule has 0 saturated carbocycles. The molecule has 0 spiro atoms. The van der Waals surface area contributed by atoms with E-state index in [4.69, 9.17) is 11.0 Å². The van der Waals surface area contributed by atoms with E-state index in [1.54, 1.807) is 6.07 Å². The van der Waals surface area contributed by atoms with Crippen molar-refractivity contribution in [2.75, 3.05) is 7.11 Å². The van der Waals surface area contributed by atoms with Gasteiger partial charge in [-0.2, -0.15) is 5.26 Å². The molecule has 0 aliphatic heterocycles. The number of halogens is 1. The molecule has 0 saturated heterocycles. The second kappa shape index (κ2) is 4.53. The van der Waals surface area contributed by atoms with E-state index in [1.807, 2.05) is 0 Å². The average molecular weight is 208 g/mol. The first kappa shape index (κ1) is 11.1. The van der Waals surface area contributed by atoms with Crippen molar-refractivity contribution in [3.63, 3.8) is 0 Å². The lowest BCUT2D eigenvalue weighted by Gasteiger charge is -2.07. The average Bonchev–Trinajstić information content (AvgIpc) is 2.27. The number of nitriles is 1. The molecule has 5 heteroatoms. The zero-order chi connectivity index (χ0) is 11.4. The van der Waals surface area contributed by atoms with Crippen LogP contribution in [0.15, 0.2) is 12.1 Å². The Kier molecular flexibility index (Phi) is 3.37. The molecule has 1 aromatic rings. The van der Waals surface area contributed by atoms with E-state index in [2.05, 4.69) is 4.74 Å². The van der Waals surface area contributed by atoms with Gasteiger partial charge in [0.05, 0.1) is 18.2 Å². The fourth-order valence-electron chi connectivity index (χ4n) is 1.25. The summed E-state index contributed by atoms with van der Waals surface area (Å²) in [6.45, 7) is -0.0922. The molecule has 1 rings (SSSR count). The molecule has 0 amide bonds. The number of benzene rings is 1. The summed E-state index contributed by atoms with van der Waals surface area (Å²) < 4.78 is 17.6. The summed E-state index contributed by atoms with van der Waals surface area (Å²) in [6.07, 6.45) is 0. The number of carbonyl (C=O) groups is 1. The molecule has 0 radical (unpaired) electrons. The summed E-state index contributed by atoms with van der Waals surface area (Å²) in [5, 5.41) is 8.71. The van der Waals surface area contributed by atoms with Crippen LogP contribution in [-0.2, 0) is 11.3 Å². The Morgan fingerprint density at radius 2 is 2.33 bits per heavy atom. The van der Waals surface area contributed by atoms with Crippen molar-refractivity contribution in [3.05, 3.63) is 34.6 Å².